The number of nitrogens with zero attached hydrogens (tertiary/aromatic N) is 4. The van der Waals surface area contributed by atoms with Crippen LogP contribution >= 0.6 is 12.2 Å². The zero-order valence-electron chi connectivity index (χ0n) is 10.8. The molecule has 0 spiro atoms. The third kappa shape index (κ3) is 2.70. The second-order valence-corrected chi connectivity index (χ2v) is 5.03. The third-order valence-corrected chi connectivity index (χ3v) is 2.73. The summed E-state index contributed by atoms with van der Waals surface area (Å²) in [5, 5.41) is 0. The van der Waals surface area contributed by atoms with Crippen LogP contribution in [0.5, 0.6) is 0 Å². The molecule has 7 heteroatoms. The van der Waals surface area contributed by atoms with E-state index in [4.69, 9.17) is 18.0 Å². The molecule has 6 nitrogen and oxygen atoms in total. The van der Waals surface area contributed by atoms with Gasteiger partial charge in [0.1, 0.15) is 4.99 Å². The lowest BCUT2D eigenvalue weighted by Crippen LogP contribution is -2.28. The highest BCUT2D eigenvalue weighted by molar-refractivity contribution is 7.80. The van der Waals surface area contributed by atoms with E-state index in [9.17, 15) is 4.79 Å². The van der Waals surface area contributed by atoms with Gasteiger partial charge in [0.05, 0.1) is 0 Å². The van der Waals surface area contributed by atoms with E-state index < -0.39 is 0 Å². The lowest BCUT2D eigenvalue weighted by molar-refractivity contribution is 0.507. The van der Waals surface area contributed by atoms with E-state index in [0.717, 1.165) is 0 Å². The molecule has 2 rings (SSSR count). The molecule has 0 aliphatic heterocycles. The first-order chi connectivity index (χ1) is 9.00. The molecule has 0 aromatic carbocycles. The fourth-order valence-electron chi connectivity index (χ4n) is 1.79. The van der Waals surface area contributed by atoms with E-state index >= 15 is 0 Å². The minimum atomic E-state index is -0.188. The van der Waals surface area contributed by atoms with Gasteiger partial charge < -0.3 is 10.3 Å². The van der Waals surface area contributed by atoms with Crippen molar-refractivity contribution in [1.29, 1.82) is 0 Å². The summed E-state index contributed by atoms with van der Waals surface area (Å²) in [6.07, 6.45) is 6.42. The van der Waals surface area contributed by atoms with Crippen molar-refractivity contribution < 1.29 is 0 Å². The van der Waals surface area contributed by atoms with Gasteiger partial charge in [-0.2, -0.15) is 0 Å². The SMILES string of the molecule is CC(C)Cn1ccnc(-n2ccnc2C(N)=S)c1=O. The van der Waals surface area contributed by atoms with Crippen LogP contribution in [0.2, 0.25) is 0 Å². The number of hydrogen-bond donors (Lipinski definition) is 1. The molecule has 0 aliphatic carbocycles. The first-order valence-corrected chi connectivity index (χ1v) is 6.30. The minimum Gasteiger partial charge on any atom is -0.387 e. The molecule has 0 bridgehead atoms. The Hall–Kier alpha value is -2.02. The van der Waals surface area contributed by atoms with Crippen LogP contribution in [-0.2, 0) is 6.54 Å². The quantitative estimate of drug-likeness (QED) is 0.833. The first-order valence-electron chi connectivity index (χ1n) is 5.89. The highest BCUT2D eigenvalue weighted by Gasteiger charge is 2.13. The fraction of sp³-hybridized carbons (Fsp3) is 0.333. The van der Waals surface area contributed by atoms with Gasteiger partial charge in [-0.25, -0.2) is 9.97 Å². The van der Waals surface area contributed by atoms with Crippen LogP contribution in [0.25, 0.3) is 5.82 Å². The number of hydrogen-bond acceptors (Lipinski definition) is 4. The molecule has 100 valence electrons. The molecule has 2 aromatic heterocycles. The van der Waals surface area contributed by atoms with Crippen molar-refractivity contribution in [2.24, 2.45) is 11.7 Å². The van der Waals surface area contributed by atoms with Gasteiger partial charge in [0.2, 0.25) is 5.82 Å². The summed E-state index contributed by atoms with van der Waals surface area (Å²) in [5.41, 5.74) is 5.39. The van der Waals surface area contributed by atoms with Crippen molar-refractivity contribution in [2.75, 3.05) is 0 Å². The topological polar surface area (TPSA) is 78.7 Å². The summed E-state index contributed by atoms with van der Waals surface area (Å²) in [5.74, 6) is 0.983. The first kappa shape index (κ1) is 13.4. The highest BCUT2D eigenvalue weighted by Crippen LogP contribution is 2.04. The van der Waals surface area contributed by atoms with Crippen molar-refractivity contribution in [3.8, 4) is 5.82 Å². The monoisotopic (exact) mass is 277 g/mol. The molecule has 0 aliphatic rings. The van der Waals surface area contributed by atoms with Gasteiger partial charge in [0.15, 0.2) is 5.82 Å². The average molecular weight is 277 g/mol. The minimum absolute atomic E-state index is 0.130. The van der Waals surface area contributed by atoms with E-state index in [2.05, 4.69) is 9.97 Å². The summed E-state index contributed by atoms with van der Waals surface area (Å²) in [6, 6.07) is 0. The van der Waals surface area contributed by atoms with Gasteiger partial charge in [-0.15, -0.1) is 0 Å². The van der Waals surface area contributed by atoms with Gasteiger partial charge in [-0.3, -0.25) is 9.36 Å². The Labute approximate surface area is 115 Å². The smallest absolute Gasteiger partial charge is 0.294 e. The zero-order valence-corrected chi connectivity index (χ0v) is 11.6. The molecular formula is C12H15N5OS. The van der Waals surface area contributed by atoms with Crippen LogP contribution in [0.3, 0.4) is 0 Å². The molecule has 0 saturated heterocycles. The van der Waals surface area contributed by atoms with E-state index in [1.54, 1.807) is 23.2 Å². The molecule has 2 heterocycles. The van der Waals surface area contributed by atoms with Gasteiger partial charge in [0.25, 0.3) is 5.56 Å². The van der Waals surface area contributed by atoms with E-state index in [1.165, 1.54) is 10.8 Å². The maximum atomic E-state index is 12.3. The maximum absolute atomic E-state index is 12.3. The molecule has 0 unspecified atom stereocenters. The van der Waals surface area contributed by atoms with Gasteiger partial charge in [-0.1, -0.05) is 26.1 Å². The number of thiocarbonyl (C=S) groups is 1. The predicted octanol–water partition coefficient (Wildman–Crippen LogP) is 0.719. The predicted molar refractivity (Wildman–Crippen MR) is 76.3 cm³/mol. The maximum Gasteiger partial charge on any atom is 0.294 e. The second kappa shape index (κ2) is 5.31. The Bertz CT molecular complexity index is 658. The Morgan fingerprint density at radius 3 is 2.68 bits per heavy atom. The molecule has 0 amide bonds. The summed E-state index contributed by atoms with van der Waals surface area (Å²) >= 11 is 4.91. The number of rotatable bonds is 4. The molecule has 2 N–H and O–H groups in total. The van der Waals surface area contributed by atoms with Crippen LogP contribution in [0.1, 0.15) is 19.7 Å². The van der Waals surface area contributed by atoms with E-state index in [0.29, 0.717) is 18.3 Å². The fourth-order valence-corrected chi connectivity index (χ4v) is 1.95. The molecule has 0 saturated carbocycles. The third-order valence-electron chi connectivity index (χ3n) is 2.55. The lowest BCUT2D eigenvalue weighted by Gasteiger charge is -2.11. The average Bonchev–Trinajstić information content (AvgIpc) is 2.80. The summed E-state index contributed by atoms with van der Waals surface area (Å²) in [6.45, 7) is 4.72. The van der Waals surface area contributed by atoms with Crippen LogP contribution < -0.4 is 11.3 Å². The van der Waals surface area contributed by atoms with Crippen molar-refractivity contribution >= 4 is 17.2 Å². The summed E-state index contributed by atoms with van der Waals surface area (Å²) in [4.78, 5) is 20.6. The van der Waals surface area contributed by atoms with Gasteiger partial charge in [-0.05, 0) is 5.92 Å². The number of nitrogens with two attached hydrogens (primary N) is 1. The van der Waals surface area contributed by atoms with Gasteiger partial charge >= 0.3 is 0 Å². The van der Waals surface area contributed by atoms with Gasteiger partial charge in [0, 0.05) is 31.3 Å². The highest BCUT2D eigenvalue weighted by atomic mass is 32.1. The molecule has 2 aromatic rings. The van der Waals surface area contributed by atoms with Crippen LogP contribution in [-0.4, -0.2) is 24.1 Å². The van der Waals surface area contributed by atoms with E-state index in [1.807, 2.05) is 13.8 Å². The molecule has 0 radical (unpaired) electrons. The van der Waals surface area contributed by atoms with E-state index in [-0.39, 0.29) is 16.4 Å². The molecule has 0 fully saturated rings. The standard InChI is InChI=1S/C12H15N5OS/c1-8(2)7-16-5-3-15-11(12(16)18)17-6-4-14-10(17)9(13)19/h3-6,8H,7H2,1-2H3,(H2,13,19). The molecule has 0 atom stereocenters. The van der Waals surface area contributed by atoms with Crippen molar-refractivity contribution in [3.63, 3.8) is 0 Å². The van der Waals surface area contributed by atoms with Crippen molar-refractivity contribution in [3.05, 3.63) is 41.0 Å². The second-order valence-electron chi connectivity index (χ2n) is 4.59. The summed E-state index contributed by atoms with van der Waals surface area (Å²) < 4.78 is 3.14. The Kier molecular flexibility index (Phi) is 3.75. The number of imidazole rings is 1. The molecule has 19 heavy (non-hydrogen) atoms. The molecular weight excluding hydrogens is 262 g/mol. The van der Waals surface area contributed by atoms with Crippen LogP contribution in [0.15, 0.2) is 29.6 Å². The largest absolute Gasteiger partial charge is 0.387 e. The Morgan fingerprint density at radius 2 is 2.05 bits per heavy atom. The lowest BCUT2D eigenvalue weighted by atomic mass is 10.2. The Balaban J connectivity index is 2.54. The number of aromatic nitrogens is 4. The summed E-state index contributed by atoms with van der Waals surface area (Å²) in [7, 11) is 0. The normalized spacial score (nSPS) is 10.9. The van der Waals surface area contributed by atoms with Crippen molar-refractivity contribution in [2.45, 2.75) is 20.4 Å². The Morgan fingerprint density at radius 1 is 1.37 bits per heavy atom. The zero-order chi connectivity index (χ0) is 14.0. The van der Waals surface area contributed by atoms with Crippen molar-refractivity contribution in [1.82, 2.24) is 19.1 Å². The van der Waals surface area contributed by atoms with Crippen LogP contribution in [0.4, 0.5) is 0 Å². The van der Waals surface area contributed by atoms with Crippen LogP contribution in [0, 0.1) is 5.92 Å².